The van der Waals surface area contributed by atoms with E-state index < -0.39 is 0 Å². The van der Waals surface area contributed by atoms with Crippen LogP contribution in [-0.2, 0) is 6.42 Å². The van der Waals surface area contributed by atoms with Gasteiger partial charge >= 0.3 is 0 Å². The van der Waals surface area contributed by atoms with E-state index in [9.17, 15) is 9.90 Å². The van der Waals surface area contributed by atoms with Crippen LogP contribution < -0.4 is 5.32 Å². The number of carbonyl (C=O) groups excluding carboxylic acids is 1. The lowest BCUT2D eigenvalue weighted by atomic mass is 9.75. The molecule has 26 heavy (non-hydrogen) atoms. The Balaban J connectivity index is 1.52. The molecule has 2 aromatic heterocycles. The molecule has 1 amide bonds. The maximum absolute atomic E-state index is 12.8. The summed E-state index contributed by atoms with van der Waals surface area (Å²) < 4.78 is 5.52. The first-order valence-electron chi connectivity index (χ1n) is 8.83. The maximum Gasteiger partial charge on any atom is 0.251 e. The van der Waals surface area contributed by atoms with Crippen molar-refractivity contribution in [2.75, 3.05) is 0 Å². The van der Waals surface area contributed by atoms with Crippen LogP contribution >= 0.6 is 0 Å². The van der Waals surface area contributed by atoms with E-state index in [0.29, 0.717) is 17.0 Å². The van der Waals surface area contributed by atoms with Crippen LogP contribution in [0.3, 0.4) is 0 Å². The van der Waals surface area contributed by atoms with Crippen LogP contribution in [0, 0.1) is 12.8 Å². The molecule has 0 saturated heterocycles. The Morgan fingerprint density at radius 2 is 2.08 bits per heavy atom. The molecule has 1 atom stereocenters. The largest absolute Gasteiger partial charge is 0.441 e. The van der Waals surface area contributed by atoms with Crippen molar-refractivity contribution < 1.29 is 14.3 Å². The summed E-state index contributed by atoms with van der Waals surface area (Å²) in [5, 5.41) is 12.8. The molecule has 6 nitrogen and oxygen atoms in total. The van der Waals surface area contributed by atoms with Gasteiger partial charge in [-0.2, -0.15) is 0 Å². The van der Waals surface area contributed by atoms with Gasteiger partial charge in [-0.1, -0.05) is 0 Å². The topological polar surface area (TPSA) is 88.2 Å². The number of pyridine rings is 1. The zero-order valence-electron chi connectivity index (χ0n) is 14.6. The van der Waals surface area contributed by atoms with Crippen molar-refractivity contribution in [3.63, 3.8) is 0 Å². The van der Waals surface area contributed by atoms with E-state index >= 15 is 0 Å². The second kappa shape index (κ2) is 6.88. The second-order valence-corrected chi connectivity index (χ2v) is 6.94. The van der Waals surface area contributed by atoms with Gasteiger partial charge in [0.05, 0.1) is 6.10 Å². The first kappa shape index (κ1) is 16.7. The summed E-state index contributed by atoms with van der Waals surface area (Å²) in [4.78, 5) is 21.1. The van der Waals surface area contributed by atoms with E-state index in [1.54, 1.807) is 37.5 Å². The van der Waals surface area contributed by atoms with Gasteiger partial charge in [0.15, 0.2) is 11.5 Å². The summed E-state index contributed by atoms with van der Waals surface area (Å²) >= 11 is 0. The molecule has 1 aliphatic carbocycles. The zero-order valence-corrected chi connectivity index (χ0v) is 14.6. The normalized spacial score (nSPS) is 20.5. The van der Waals surface area contributed by atoms with Gasteiger partial charge in [-0.05, 0) is 61.1 Å². The van der Waals surface area contributed by atoms with E-state index in [1.807, 2.05) is 12.1 Å². The highest BCUT2D eigenvalue weighted by molar-refractivity contribution is 5.97. The molecule has 1 aromatic carbocycles. The van der Waals surface area contributed by atoms with E-state index in [-0.39, 0.29) is 24.0 Å². The molecule has 134 valence electrons. The average Bonchev–Trinajstić information content (AvgIpc) is 2.98. The zero-order chi connectivity index (χ0) is 18.1. The predicted molar refractivity (Wildman–Crippen MR) is 96.7 cm³/mol. The number of oxazole rings is 1. The van der Waals surface area contributed by atoms with Crippen LogP contribution in [0.5, 0.6) is 0 Å². The van der Waals surface area contributed by atoms with Crippen LogP contribution in [0.4, 0.5) is 0 Å². The predicted octanol–water partition coefficient (Wildman–Crippen LogP) is 2.64. The highest BCUT2D eigenvalue weighted by Crippen LogP contribution is 2.32. The van der Waals surface area contributed by atoms with Gasteiger partial charge in [0.1, 0.15) is 5.52 Å². The standard InChI is InChI=1S/C20H21N3O3/c1-12-22-17-3-2-14(11-19(17)26-12)20(25)23-18(15-9-16(24)10-15)8-13-4-6-21-7-5-13/h2-7,11,15-16,18,24H,8-10H2,1H3,(H,23,25)/t15?,16?,18-/m0/s1. The van der Waals surface area contributed by atoms with Crippen molar-refractivity contribution in [2.24, 2.45) is 5.92 Å². The Kier molecular flexibility index (Phi) is 4.42. The van der Waals surface area contributed by atoms with Gasteiger partial charge < -0.3 is 14.8 Å². The molecule has 1 aliphatic rings. The van der Waals surface area contributed by atoms with Crippen molar-refractivity contribution in [1.82, 2.24) is 15.3 Å². The Hall–Kier alpha value is -2.73. The van der Waals surface area contributed by atoms with E-state index in [2.05, 4.69) is 15.3 Å². The first-order chi connectivity index (χ1) is 12.6. The monoisotopic (exact) mass is 351 g/mol. The van der Waals surface area contributed by atoms with Gasteiger partial charge in [-0.3, -0.25) is 9.78 Å². The fourth-order valence-corrected chi connectivity index (χ4v) is 3.50. The number of fused-ring (bicyclic) bond motifs is 1. The van der Waals surface area contributed by atoms with Crippen LogP contribution in [0.15, 0.2) is 47.1 Å². The summed E-state index contributed by atoms with van der Waals surface area (Å²) in [6.45, 7) is 1.78. The maximum atomic E-state index is 12.8. The molecule has 1 saturated carbocycles. The molecule has 2 N–H and O–H groups in total. The number of aryl methyl sites for hydroxylation is 1. The minimum absolute atomic E-state index is 0.0274. The number of nitrogens with one attached hydrogen (secondary N) is 1. The number of aromatic nitrogens is 2. The molecule has 0 aliphatic heterocycles. The molecule has 2 heterocycles. The number of hydrogen-bond acceptors (Lipinski definition) is 5. The molecule has 4 rings (SSSR count). The molecular weight excluding hydrogens is 330 g/mol. The van der Waals surface area contributed by atoms with Crippen molar-refractivity contribution >= 4 is 17.0 Å². The van der Waals surface area contributed by atoms with Crippen LogP contribution in [0.2, 0.25) is 0 Å². The molecule has 1 fully saturated rings. The quantitative estimate of drug-likeness (QED) is 0.738. The third kappa shape index (κ3) is 3.46. The summed E-state index contributed by atoms with van der Waals surface area (Å²) in [5.41, 5.74) is 3.02. The van der Waals surface area contributed by atoms with Crippen molar-refractivity contribution in [2.45, 2.75) is 38.3 Å². The summed E-state index contributed by atoms with van der Waals surface area (Å²) in [5.74, 6) is 0.719. The Morgan fingerprint density at radius 1 is 1.31 bits per heavy atom. The van der Waals surface area contributed by atoms with Gasteiger partial charge in [-0.25, -0.2) is 4.98 Å². The number of rotatable bonds is 5. The number of nitrogens with zero attached hydrogens (tertiary/aromatic N) is 2. The lowest BCUT2D eigenvalue weighted by molar-refractivity contribution is 0.0239. The summed E-state index contributed by atoms with van der Waals surface area (Å²) in [6.07, 6.45) is 5.40. The SMILES string of the molecule is Cc1nc2ccc(C(=O)N[C@@H](Cc3ccncc3)C3CC(O)C3)cc2o1. The fraction of sp³-hybridized carbons (Fsp3) is 0.350. The Bertz CT molecular complexity index is 916. The third-order valence-electron chi connectivity index (χ3n) is 5.00. The number of benzene rings is 1. The lowest BCUT2D eigenvalue weighted by Gasteiger charge is -2.38. The molecule has 3 aromatic rings. The smallest absolute Gasteiger partial charge is 0.251 e. The second-order valence-electron chi connectivity index (χ2n) is 6.94. The molecular formula is C20H21N3O3. The average molecular weight is 351 g/mol. The molecule has 6 heteroatoms. The minimum Gasteiger partial charge on any atom is -0.441 e. The van der Waals surface area contributed by atoms with E-state index in [1.165, 1.54) is 0 Å². The first-order valence-corrected chi connectivity index (χ1v) is 8.83. The van der Waals surface area contributed by atoms with Crippen molar-refractivity contribution in [1.29, 1.82) is 0 Å². The van der Waals surface area contributed by atoms with Crippen LogP contribution in [0.1, 0.15) is 34.7 Å². The fourth-order valence-electron chi connectivity index (χ4n) is 3.50. The Labute approximate surface area is 151 Å². The van der Waals surface area contributed by atoms with Gasteiger partial charge in [0.25, 0.3) is 5.91 Å². The number of hydrogen-bond donors (Lipinski definition) is 2. The van der Waals surface area contributed by atoms with Gasteiger partial charge in [0.2, 0.25) is 0 Å². The number of aliphatic hydroxyl groups excluding tert-OH is 1. The van der Waals surface area contributed by atoms with Crippen molar-refractivity contribution in [3.8, 4) is 0 Å². The highest BCUT2D eigenvalue weighted by Gasteiger charge is 2.35. The molecule has 0 bridgehead atoms. The van der Waals surface area contributed by atoms with Gasteiger partial charge in [0, 0.05) is 30.9 Å². The van der Waals surface area contributed by atoms with Gasteiger partial charge in [-0.15, -0.1) is 0 Å². The van der Waals surface area contributed by atoms with E-state index in [0.717, 1.165) is 30.3 Å². The number of aliphatic hydroxyl groups is 1. The molecule has 0 unspecified atom stereocenters. The van der Waals surface area contributed by atoms with E-state index in [4.69, 9.17) is 4.42 Å². The third-order valence-corrected chi connectivity index (χ3v) is 5.00. The minimum atomic E-state index is -0.259. The van der Waals surface area contributed by atoms with Crippen LogP contribution in [-0.4, -0.2) is 33.1 Å². The molecule has 0 spiro atoms. The number of amides is 1. The Morgan fingerprint density at radius 3 is 2.81 bits per heavy atom. The summed E-state index contributed by atoms with van der Waals surface area (Å²) in [7, 11) is 0. The summed E-state index contributed by atoms with van der Waals surface area (Å²) in [6, 6.07) is 9.17. The molecule has 0 radical (unpaired) electrons. The lowest BCUT2D eigenvalue weighted by Crippen LogP contribution is -2.48. The highest BCUT2D eigenvalue weighted by atomic mass is 16.3. The number of carbonyl (C=O) groups is 1. The van der Waals surface area contributed by atoms with Crippen LogP contribution in [0.25, 0.3) is 11.1 Å². The van der Waals surface area contributed by atoms with Crippen molar-refractivity contribution in [3.05, 3.63) is 59.7 Å².